The van der Waals surface area contributed by atoms with Crippen LogP contribution < -0.4 is 0 Å². The van der Waals surface area contributed by atoms with E-state index < -0.39 is 0 Å². The molecule has 0 fully saturated rings. The summed E-state index contributed by atoms with van der Waals surface area (Å²) in [6.45, 7) is 3.14. The molecular formula is C12H12ClNO2S. The lowest BCUT2D eigenvalue weighted by Gasteiger charge is -2.18. The molecule has 0 unspecified atom stereocenters. The Labute approximate surface area is 109 Å². The monoisotopic (exact) mass is 269 g/mol. The van der Waals surface area contributed by atoms with Crippen LogP contribution in [-0.2, 0) is 6.54 Å². The largest absolute Gasteiger partial charge is 0.459 e. The van der Waals surface area contributed by atoms with Gasteiger partial charge in [0.1, 0.15) is 0 Å². The number of halogens is 1. The minimum absolute atomic E-state index is 0.0953. The second-order valence-corrected chi connectivity index (χ2v) is 5.30. The molecule has 5 heteroatoms. The van der Waals surface area contributed by atoms with E-state index in [0.29, 0.717) is 18.8 Å². The Morgan fingerprint density at radius 1 is 1.47 bits per heavy atom. The average molecular weight is 270 g/mol. The summed E-state index contributed by atoms with van der Waals surface area (Å²) < 4.78 is 5.84. The maximum Gasteiger partial charge on any atom is 0.289 e. The Kier molecular flexibility index (Phi) is 3.86. The zero-order valence-corrected chi connectivity index (χ0v) is 10.9. The summed E-state index contributed by atoms with van der Waals surface area (Å²) in [4.78, 5) is 14.8. The molecule has 90 valence electrons. The summed E-state index contributed by atoms with van der Waals surface area (Å²) in [6.07, 6.45) is 1.50. The standard InChI is InChI=1S/C12H12ClNO2S/c1-2-14(8-9-5-6-11(13)17-9)12(15)10-4-3-7-16-10/h3-7H,2,8H2,1H3. The van der Waals surface area contributed by atoms with Crippen molar-refractivity contribution in [3.8, 4) is 0 Å². The molecule has 0 aliphatic carbocycles. The average Bonchev–Trinajstić information content (AvgIpc) is 2.96. The van der Waals surface area contributed by atoms with E-state index in [2.05, 4.69) is 0 Å². The molecule has 17 heavy (non-hydrogen) atoms. The van der Waals surface area contributed by atoms with Gasteiger partial charge in [-0.25, -0.2) is 0 Å². The number of amides is 1. The van der Waals surface area contributed by atoms with Crippen LogP contribution in [0.3, 0.4) is 0 Å². The van der Waals surface area contributed by atoms with Crippen molar-refractivity contribution in [2.75, 3.05) is 6.54 Å². The minimum atomic E-state index is -0.0953. The third kappa shape index (κ3) is 2.90. The van der Waals surface area contributed by atoms with E-state index in [1.54, 1.807) is 17.0 Å². The van der Waals surface area contributed by atoms with Crippen LogP contribution in [0.1, 0.15) is 22.4 Å². The first-order chi connectivity index (χ1) is 8.20. The lowest BCUT2D eigenvalue weighted by molar-refractivity contribution is 0.0722. The molecule has 0 aliphatic heterocycles. The summed E-state index contributed by atoms with van der Waals surface area (Å²) in [5.74, 6) is 0.275. The molecule has 0 bridgehead atoms. The predicted octanol–water partition coefficient (Wildman–Crippen LogP) is 3.66. The minimum Gasteiger partial charge on any atom is -0.459 e. The van der Waals surface area contributed by atoms with Gasteiger partial charge in [-0.3, -0.25) is 4.79 Å². The topological polar surface area (TPSA) is 33.5 Å². The summed E-state index contributed by atoms with van der Waals surface area (Å²) in [5.41, 5.74) is 0. The zero-order valence-electron chi connectivity index (χ0n) is 9.35. The smallest absolute Gasteiger partial charge is 0.289 e. The molecule has 2 rings (SSSR count). The van der Waals surface area contributed by atoms with Crippen LogP contribution in [0.4, 0.5) is 0 Å². The van der Waals surface area contributed by atoms with E-state index in [-0.39, 0.29) is 5.91 Å². The SMILES string of the molecule is CCN(Cc1ccc(Cl)s1)C(=O)c1ccco1. The Hall–Kier alpha value is -1.26. The molecule has 0 aromatic carbocycles. The highest BCUT2D eigenvalue weighted by Crippen LogP contribution is 2.23. The van der Waals surface area contributed by atoms with Gasteiger partial charge in [0.05, 0.1) is 17.1 Å². The second kappa shape index (κ2) is 5.38. The van der Waals surface area contributed by atoms with E-state index in [4.69, 9.17) is 16.0 Å². The second-order valence-electron chi connectivity index (χ2n) is 3.50. The van der Waals surface area contributed by atoms with Gasteiger partial charge in [-0.05, 0) is 31.2 Å². The third-order valence-corrected chi connectivity index (χ3v) is 3.59. The lowest BCUT2D eigenvalue weighted by Crippen LogP contribution is -2.29. The summed E-state index contributed by atoms with van der Waals surface area (Å²) >= 11 is 7.35. The van der Waals surface area contributed by atoms with Crippen LogP contribution in [0.2, 0.25) is 4.34 Å². The highest BCUT2D eigenvalue weighted by molar-refractivity contribution is 7.16. The van der Waals surface area contributed by atoms with Gasteiger partial charge in [0.15, 0.2) is 5.76 Å². The van der Waals surface area contributed by atoms with Crippen LogP contribution in [0, 0.1) is 0 Å². The summed E-state index contributed by atoms with van der Waals surface area (Å²) in [5, 5.41) is 0. The number of hydrogen-bond donors (Lipinski definition) is 0. The van der Waals surface area contributed by atoms with E-state index in [9.17, 15) is 4.79 Å². The van der Waals surface area contributed by atoms with Crippen molar-refractivity contribution in [3.05, 3.63) is 45.5 Å². The third-order valence-electron chi connectivity index (χ3n) is 2.38. The van der Waals surface area contributed by atoms with Gasteiger partial charge in [-0.1, -0.05) is 11.6 Å². The Balaban J connectivity index is 2.09. The number of carbonyl (C=O) groups is 1. The van der Waals surface area contributed by atoms with E-state index in [1.807, 2.05) is 19.1 Å². The number of thiophene rings is 1. The van der Waals surface area contributed by atoms with Crippen LogP contribution >= 0.6 is 22.9 Å². The Morgan fingerprint density at radius 2 is 2.29 bits per heavy atom. The molecule has 0 atom stereocenters. The molecule has 1 amide bonds. The molecule has 2 aromatic rings. The van der Waals surface area contributed by atoms with E-state index in [1.165, 1.54) is 17.6 Å². The van der Waals surface area contributed by atoms with Crippen molar-refractivity contribution >= 4 is 28.8 Å². The van der Waals surface area contributed by atoms with Crippen molar-refractivity contribution in [3.63, 3.8) is 0 Å². The zero-order chi connectivity index (χ0) is 12.3. The van der Waals surface area contributed by atoms with Gasteiger partial charge in [0, 0.05) is 11.4 Å². The number of rotatable bonds is 4. The molecule has 0 saturated carbocycles. The van der Waals surface area contributed by atoms with Gasteiger partial charge in [-0.15, -0.1) is 11.3 Å². The number of nitrogens with zero attached hydrogens (tertiary/aromatic N) is 1. The van der Waals surface area contributed by atoms with Crippen LogP contribution in [0.5, 0.6) is 0 Å². The lowest BCUT2D eigenvalue weighted by atomic mass is 10.3. The fraction of sp³-hybridized carbons (Fsp3) is 0.250. The molecule has 3 nitrogen and oxygen atoms in total. The number of furan rings is 1. The first kappa shape index (κ1) is 12.2. The number of hydrogen-bond acceptors (Lipinski definition) is 3. The fourth-order valence-corrected chi connectivity index (χ4v) is 2.61. The highest BCUT2D eigenvalue weighted by atomic mass is 35.5. The van der Waals surface area contributed by atoms with Gasteiger partial charge in [0.25, 0.3) is 5.91 Å². The van der Waals surface area contributed by atoms with Gasteiger partial charge < -0.3 is 9.32 Å². The maximum atomic E-state index is 12.1. The van der Waals surface area contributed by atoms with Crippen molar-refractivity contribution in [2.24, 2.45) is 0 Å². The van der Waals surface area contributed by atoms with Crippen LogP contribution in [0.15, 0.2) is 34.9 Å². The molecule has 0 spiro atoms. The summed E-state index contributed by atoms with van der Waals surface area (Å²) in [7, 11) is 0. The number of carbonyl (C=O) groups excluding carboxylic acids is 1. The first-order valence-electron chi connectivity index (χ1n) is 5.27. The van der Waals surface area contributed by atoms with Crippen LogP contribution in [0.25, 0.3) is 0 Å². The molecule has 2 aromatic heterocycles. The van der Waals surface area contributed by atoms with E-state index in [0.717, 1.165) is 9.21 Å². The van der Waals surface area contributed by atoms with Gasteiger partial charge in [0.2, 0.25) is 0 Å². The highest BCUT2D eigenvalue weighted by Gasteiger charge is 2.17. The molecule has 0 aliphatic rings. The molecule has 2 heterocycles. The maximum absolute atomic E-state index is 12.1. The molecule has 0 radical (unpaired) electrons. The van der Waals surface area contributed by atoms with Crippen molar-refractivity contribution in [2.45, 2.75) is 13.5 Å². The molecule has 0 saturated heterocycles. The van der Waals surface area contributed by atoms with E-state index >= 15 is 0 Å². The van der Waals surface area contributed by atoms with Crippen molar-refractivity contribution in [1.29, 1.82) is 0 Å². The van der Waals surface area contributed by atoms with Gasteiger partial charge in [-0.2, -0.15) is 0 Å². The van der Waals surface area contributed by atoms with Crippen molar-refractivity contribution < 1.29 is 9.21 Å². The van der Waals surface area contributed by atoms with Gasteiger partial charge >= 0.3 is 0 Å². The predicted molar refractivity (Wildman–Crippen MR) is 68.5 cm³/mol. The normalized spacial score (nSPS) is 10.5. The Morgan fingerprint density at radius 3 is 2.82 bits per heavy atom. The molecular weight excluding hydrogens is 258 g/mol. The molecule has 0 N–H and O–H groups in total. The Bertz CT molecular complexity index is 492. The van der Waals surface area contributed by atoms with Crippen LogP contribution in [-0.4, -0.2) is 17.4 Å². The fourth-order valence-electron chi connectivity index (χ4n) is 1.51. The summed E-state index contributed by atoms with van der Waals surface area (Å²) in [6, 6.07) is 7.16. The quantitative estimate of drug-likeness (QED) is 0.849. The first-order valence-corrected chi connectivity index (χ1v) is 6.47. The van der Waals surface area contributed by atoms with Crippen molar-refractivity contribution in [1.82, 2.24) is 4.90 Å².